The summed E-state index contributed by atoms with van der Waals surface area (Å²) in [6.45, 7) is 4.25. The fourth-order valence-electron chi connectivity index (χ4n) is 3.35. The standard InChI is InChI=1S/C21H28N4O/c1-23(2)20(17-7-5-4-6-8-17)21(26)22-18-9-11-19(12-10-18)25-15-13-24(3)14-16-25/h4-12,20H,13-16H2,1-3H3,(H,22,26). The smallest absolute Gasteiger partial charge is 0.246 e. The van der Waals surface area contributed by atoms with Crippen LogP contribution in [-0.4, -0.2) is 63.0 Å². The summed E-state index contributed by atoms with van der Waals surface area (Å²) in [4.78, 5) is 19.5. The zero-order valence-corrected chi connectivity index (χ0v) is 15.9. The summed E-state index contributed by atoms with van der Waals surface area (Å²) in [6, 6.07) is 17.7. The molecule has 3 rings (SSSR count). The Morgan fingerprint density at radius 3 is 2.15 bits per heavy atom. The fraction of sp³-hybridized carbons (Fsp3) is 0.381. The van der Waals surface area contributed by atoms with Gasteiger partial charge < -0.3 is 15.1 Å². The van der Waals surface area contributed by atoms with Crippen molar-refractivity contribution in [2.24, 2.45) is 0 Å². The van der Waals surface area contributed by atoms with E-state index in [9.17, 15) is 4.79 Å². The van der Waals surface area contributed by atoms with E-state index in [2.05, 4.69) is 34.3 Å². The van der Waals surface area contributed by atoms with Crippen LogP contribution in [0.1, 0.15) is 11.6 Å². The first kappa shape index (κ1) is 18.4. The molecule has 0 spiro atoms. The Balaban J connectivity index is 1.67. The van der Waals surface area contributed by atoms with E-state index in [0.717, 1.165) is 37.4 Å². The maximum absolute atomic E-state index is 12.8. The van der Waals surface area contributed by atoms with Gasteiger partial charge in [0.25, 0.3) is 0 Å². The Hall–Kier alpha value is -2.37. The van der Waals surface area contributed by atoms with Crippen LogP contribution in [0, 0.1) is 0 Å². The summed E-state index contributed by atoms with van der Waals surface area (Å²) in [5, 5.41) is 3.05. The van der Waals surface area contributed by atoms with E-state index < -0.39 is 0 Å². The zero-order valence-electron chi connectivity index (χ0n) is 15.9. The summed E-state index contributed by atoms with van der Waals surface area (Å²) in [6.07, 6.45) is 0. The summed E-state index contributed by atoms with van der Waals surface area (Å²) in [5.74, 6) is -0.0199. The summed E-state index contributed by atoms with van der Waals surface area (Å²) >= 11 is 0. The van der Waals surface area contributed by atoms with Crippen LogP contribution in [0.2, 0.25) is 0 Å². The minimum atomic E-state index is -0.312. The van der Waals surface area contributed by atoms with E-state index in [1.165, 1.54) is 5.69 Å². The molecule has 0 aromatic heterocycles. The van der Waals surface area contributed by atoms with E-state index >= 15 is 0 Å². The molecule has 5 nitrogen and oxygen atoms in total. The number of likely N-dealkylation sites (N-methyl/N-ethyl adjacent to an activating group) is 2. The maximum atomic E-state index is 12.8. The molecule has 1 atom stereocenters. The third-order valence-electron chi connectivity index (χ3n) is 4.88. The van der Waals surface area contributed by atoms with Gasteiger partial charge in [0.15, 0.2) is 0 Å². The molecule has 1 saturated heterocycles. The Morgan fingerprint density at radius 1 is 0.962 bits per heavy atom. The third kappa shape index (κ3) is 4.42. The molecule has 1 heterocycles. The van der Waals surface area contributed by atoms with E-state index in [0.29, 0.717) is 0 Å². The Labute approximate surface area is 156 Å². The lowest BCUT2D eigenvalue weighted by Gasteiger charge is -2.34. The summed E-state index contributed by atoms with van der Waals surface area (Å²) < 4.78 is 0. The Morgan fingerprint density at radius 2 is 1.58 bits per heavy atom. The van der Waals surface area contributed by atoms with E-state index in [1.807, 2.05) is 61.5 Å². The molecule has 1 aliphatic heterocycles. The molecule has 5 heteroatoms. The number of hydrogen-bond donors (Lipinski definition) is 1. The second-order valence-electron chi connectivity index (χ2n) is 7.10. The number of anilines is 2. The predicted molar refractivity (Wildman–Crippen MR) is 108 cm³/mol. The van der Waals surface area contributed by atoms with Gasteiger partial charge in [-0.25, -0.2) is 0 Å². The number of benzene rings is 2. The average Bonchev–Trinajstić information content (AvgIpc) is 2.64. The topological polar surface area (TPSA) is 38.8 Å². The lowest BCUT2D eigenvalue weighted by atomic mass is 10.1. The molecule has 1 aliphatic rings. The second kappa shape index (κ2) is 8.34. The largest absolute Gasteiger partial charge is 0.369 e. The molecule has 2 aromatic carbocycles. The lowest BCUT2D eigenvalue weighted by molar-refractivity contribution is -0.120. The molecule has 26 heavy (non-hydrogen) atoms. The van der Waals surface area contributed by atoms with Gasteiger partial charge in [-0.15, -0.1) is 0 Å². The molecular weight excluding hydrogens is 324 g/mol. The fourth-order valence-corrected chi connectivity index (χ4v) is 3.35. The Bertz CT molecular complexity index is 707. The van der Waals surface area contributed by atoms with Gasteiger partial charge in [0.2, 0.25) is 5.91 Å². The highest BCUT2D eigenvalue weighted by Gasteiger charge is 2.23. The number of carbonyl (C=O) groups is 1. The highest BCUT2D eigenvalue weighted by atomic mass is 16.2. The zero-order chi connectivity index (χ0) is 18.5. The number of hydrogen-bond acceptors (Lipinski definition) is 4. The highest BCUT2D eigenvalue weighted by molar-refractivity contribution is 5.95. The van der Waals surface area contributed by atoms with Crippen LogP contribution in [0.3, 0.4) is 0 Å². The van der Waals surface area contributed by atoms with Gasteiger partial charge in [0.1, 0.15) is 6.04 Å². The van der Waals surface area contributed by atoms with E-state index in [4.69, 9.17) is 0 Å². The molecule has 0 radical (unpaired) electrons. The monoisotopic (exact) mass is 352 g/mol. The van der Waals surface area contributed by atoms with E-state index in [-0.39, 0.29) is 11.9 Å². The third-order valence-corrected chi connectivity index (χ3v) is 4.88. The van der Waals surface area contributed by atoms with Gasteiger partial charge in [-0.3, -0.25) is 9.69 Å². The highest BCUT2D eigenvalue weighted by Crippen LogP contribution is 2.23. The van der Waals surface area contributed by atoms with Crippen LogP contribution in [0.15, 0.2) is 54.6 Å². The molecule has 2 aromatic rings. The van der Waals surface area contributed by atoms with Crippen molar-refractivity contribution in [3.05, 3.63) is 60.2 Å². The SMILES string of the molecule is CN1CCN(c2ccc(NC(=O)C(c3ccccc3)N(C)C)cc2)CC1. The normalized spacial score (nSPS) is 16.5. The van der Waals surface area contributed by atoms with Gasteiger partial charge in [0, 0.05) is 37.6 Å². The van der Waals surface area contributed by atoms with Gasteiger partial charge in [0.05, 0.1) is 0 Å². The summed E-state index contributed by atoms with van der Waals surface area (Å²) in [5.41, 5.74) is 3.03. The van der Waals surface area contributed by atoms with Gasteiger partial charge in [-0.05, 0) is 51.0 Å². The van der Waals surface area contributed by atoms with Crippen LogP contribution < -0.4 is 10.2 Å². The molecular formula is C21H28N4O. The maximum Gasteiger partial charge on any atom is 0.246 e. The van der Waals surface area contributed by atoms with Crippen LogP contribution in [0.4, 0.5) is 11.4 Å². The van der Waals surface area contributed by atoms with Gasteiger partial charge >= 0.3 is 0 Å². The first-order valence-electron chi connectivity index (χ1n) is 9.10. The molecule has 138 valence electrons. The van der Waals surface area contributed by atoms with Crippen molar-refractivity contribution in [3.8, 4) is 0 Å². The molecule has 1 amide bonds. The van der Waals surface area contributed by atoms with Gasteiger partial charge in [-0.2, -0.15) is 0 Å². The van der Waals surface area contributed by atoms with Crippen LogP contribution in [-0.2, 0) is 4.79 Å². The summed E-state index contributed by atoms with van der Waals surface area (Å²) in [7, 11) is 6.01. The number of carbonyl (C=O) groups excluding carboxylic acids is 1. The van der Waals surface area contributed by atoms with Crippen LogP contribution in [0.25, 0.3) is 0 Å². The van der Waals surface area contributed by atoms with Crippen molar-refractivity contribution in [2.75, 3.05) is 57.5 Å². The minimum Gasteiger partial charge on any atom is -0.369 e. The first-order valence-corrected chi connectivity index (χ1v) is 9.10. The quantitative estimate of drug-likeness (QED) is 0.898. The molecule has 0 saturated carbocycles. The van der Waals surface area contributed by atoms with Crippen molar-refractivity contribution in [3.63, 3.8) is 0 Å². The van der Waals surface area contributed by atoms with Crippen LogP contribution >= 0.6 is 0 Å². The number of piperazine rings is 1. The average molecular weight is 352 g/mol. The van der Waals surface area contributed by atoms with Crippen molar-refractivity contribution < 1.29 is 4.79 Å². The molecule has 1 unspecified atom stereocenters. The van der Waals surface area contributed by atoms with Crippen molar-refractivity contribution in [1.82, 2.24) is 9.80 Å². The molecule has 0 aliphatic carbocycles. The van der Waals surface area contributed by atoms with Crippen molar-refractivity contribution in [1.29, 1.82) is 0 Å². The van der Waals surface area contributed by atoms with Crippen molar-refractivity contribution >= 4 is 17.3 Å². The van der Waals surface area contributed by atoms with Crippen molar-refractivity contribution in [2.45, 2.75) is 6.04 Å². The number of rotatable bonds is 5. The molecule has 0 bridgehead atoms. The predicted octanol–water partition coefficient (Wildman–Crippen LogP) is 2.68. The molecule has 1 fully saturated rings. The first-order chi connectivity index (χ1) is 12.5. The minimum absolute atomic E-state index is 0.0199. The second-order valence-corrected chi connectivity index (χ2v) is 7.10. The molecule has 1 N–H and O–H groups in total. The number of nitrogens with zero attached hydrogens (tertiary/aromatic N) is 3. The van der Waals surface area contributed by atoms with E-state index in [1.54, 1.807) is 0 Å². The Kier molecular flexibility index (Phi) is 5.91. The number of amides is 1. The van der Waals surface area contributed by atoms with Crippen LogP contribution in [0.5, 0.6) is 0 Å². The van der Waals surface area contributed by atoms with Gasteiger partial charge in [-0.1, -0.05) is 30.3 Å². The number of nitrogens with one attached hydrogen (secondary N) is 1. The lowest BCUT2D eigenvalue weighted by Crippen LogP contribution is -2.44.